The number of nitrogens with two attached hydrogens (primary N) is 7. The zero-order valence-corrected chi connectivity index (χ0v) is 45.0. The molecular formula is C51H54BrCl3F2N14O7. The summed E-state index contributed by atoms with van der Waals surface area (Å²) in [5, 5.41) is 79.7. The number of aryl methyl sites for hydroxylation is 2. The molecule has 27 heteroatoms. The van der Waals surface area contributed by atoms with Crippen molar-refractivity contribution in [3.63, 3.8) is 0 Å². The Hall–Kier alpha value is -9.36. The van der Waals surface area contributed by atoms with Crippen molar-refractivity contribution in [1.29, 1.82) is 0 Å². The predicted molar refractivity (Wildman–Crippen MR) is 305 cm³/mol. The average molecular weight is 1200 g/mol. The first-order chi connectivity index (χ1) is 37.1. The highest BCUT2D eigenvalue weighted by Crippen LogP contribution is 2.15. The summed E-state index contributed by atoms with van der Waals surface area (Å²) in [6.07, 6.45) is 0. The molecule has 7 rings (SSSR count). The van der Waals surface area contributed by atoms with E-state index in [9.17, 15) is 8.78 Å². The minimum atomic E-state index is -0.856. The molecule has 78 heavy (non-hydrogen) atoms. The van der Waals surface area contributed by atoms with Crippen molar-refractivity contribution in [2.75, 3.05) is 0 Å². The van der Waals surface area contributed by atoms with Crippen LogP contribution in [0.15, 0.2) is 204 Å². The molecule has 0 aliphatic rings. The second kappa shape index (κ2) is 36.6. The Morgan fingerprint density at radius 2 is 0.731 bits per heavy atom. The molecule has 0 fully saturated rings. The Bertz CT molecular complexity index is 2950. The Kier molecular flexibility index (Phi) is 31.2. The number of hydrogen-bond donors (Lipinski definition) is 14. The quantitative estimate of drug-likeness (QED) is 0.0306. The summed E-state index contributed by atoms with van der Waals surface area (Å²) < 4.78 is 26.1. The van der Waals surface area contributed by atoms with Gasteiger partial charge in [0.15, 0.2) is 40.8 Å². The van der Waals surface area contributed by atoms with Crippen LogP contribution in [0.4, 0.5) is 8.78 Å². The summed E-state index contributed by atoms with van der Waals surface area (Å²) in [5.74, 6) is -1.29. The molecule has 0 saturated carbocycles. The normalized spacial score (nSPS) is 11.6. The molecule has 412 valence electrons. The third-order valence-electron chi connectivity index (χ3n) is 9.24. The number of hydrogen-bond acceptors (Lipinski definition) is 14. The summed E-state index contributed by atoms with van der Waals surface area (Å²) in [6, 6.07) is 45.1. The number of oxime groups is 7. The van der Waals surface area contributed by atoms with Crippen LogP contribution in [0.5, 0.6) is 0 Å². The van der Waals surface area contributed by atoms with Crippen molar-refractivity contribution in [2.45, 2.75) is 13.8 Å². The first-order valence-corrected chi connectivity index (χ1v) is 23.5. The maximum absolute atomic E-state index is 12.8. The van der Waals surface area contributed by atoms with Crippen LogP contribution in [0, 0.1) is 25.5 Å². The Morgan fingerprint density at radius 1 is 0.372 bits per heavy atom. The van der Waals surface area contributed by atoms with Crippen LogP contribution < -0.4 is 40.1 Å². The SMILES string of the molecule is Cc1cc(Cl)ccc1C(N)=NO.Cc1ccc(C(N)=NO)cc1.NC(=NO)c1ccc(Br)cc1.NC(=NO)c1ccc(Cl)cc1.NC(=NO)c1ccc(F)cc1F.NC(=NO)c1cccc(Cl)c1.NC(=NO)c1ccccc1. The fourth-order valence-electron chi connectivity index (χ4n) is 5.23. The molecule has 0 radical (unpaired) electrons. The molecule has 0 heterocycles. The number of nitrogens with zero attached hydrogens (tertiary/aromatic N) is 7. The highest BCUT2D eigenvalue weighted by Gasteiger charge is 2.07. The minimum absolute atomic E-state index is 0.0625. The molecule has 7 aromatic rings. The van der Waals surface area contributed by atoms with Gasteiger partial charge in [-0.2, -0.15) is 0 Å². The monoisotopic (exact) mass is 1200 g/mol. The molecule has 0 atom stereocenters. The second-order valence-electron chi connectivity index (χ2n) is 14.7. The van der Waals surface area contributed by atoms with E-state index in [0.29, 0.717) is 43.4 Å². The van der Waals surface area contributed by atoms with Gasteiger partial charge >= 0.3 is 0 Å². The number of amidine groups is 7. The van der Waals surface area contributed by atoms with Crippen molar-refractivity contribution in [3.8, 4) is 0 Å². The van der Waals surface area contributed by atoms with Gasteiger partial charge in [0.2, 0.25) is 0 Å². The lowest BCUT2D eigenvalue weighted by atomic mass is 10.1. The summed E-state index contributed by atoms with van der Waals surface area (Å²) >= 11 is 20.3. The molecule has 0 aliphatic heterocycles. The van der Waals surface area contributed by atoms with Gasteiger partial charge in [-0.1, -0.05) is 171 Å². The van der Waals surface area contributed by atoms with Crippen LogP contribution in [0.2, 0.25) is 15.1 Å². The maximum Gasteiger partial charge on any atom is 0.173 e. The van der Waals surface area contributed by atoms with E-state index in [1.807, 2.05) is 68.4 Å². The predicted octanol–water partition coefficient (Wildman–Crippen LogP) is 9.09. The lowest BCUT2D eigenvalue weighted by molar-refractivity contribution is 0.318. The average Bonchev–Trinajstić information content (AvgIpc) is 3.45. The molecule has 0 saturated heterocycles. The van der Waals surface area contributed by atoms with E-state index in [1.54, 1.807) is 91.0 Å². The first kappa shape index (κ1) is 66.7. The van der Waals surface area contributed by atoms with Gasteiger partial charge < -0.3 is 76.6 Å². The van der Waals surface area contributed by atoms with E-state index >= 15 is 0 Å². The van der Waals surface area contributed by atoms with Crippen LogP contribution in [-0.2, 0) is 0 Å². The third-order valence-corrected chi connectivity index (χ3v) is 10.5. The molecule has 7 aromatic carbocycles. The highest BCUT2D eigenvalue weighted by atomic mass is 79.9. The summed E-state index contributed by atoms with van der Waals surface area (Å²) in [4.78, 5) is 0. The van der Waals surface area contributed by atoms with E-state index < -0.39 is 11.6 Å². The van der Waals surface area contributed by atoms with Gasteiger partial charge in [-0.25, -0.2) is 8.78 Å². The van der Waals surface area contributed by atoms with Gasteiger partial charge in [0.05, 0.1) is 5.56 Å². The standard InChI is InChI=1S/C8H9ClN2O.C8H10N2O.C7H7BrN2O.2C7H7ClN2O.C7H6F2N2O.C7H8N2O/c1-5-4-6(9)2-3-7(5)8(10)11-12;1-6-2-4-7(5-3-6)8(9)10-11;2*8-6-3-1-5(2-4-6)7(9)10-11;8-6-3-1-2-5(4-6)7(9)10-11;8-4-1-2-5(6(9)3-4)7(10)11-12;8-7(9-10)6-4-2-1-3-5-6/h2-4,12H,1H3,(H2,10,11);2-5,11H,1H3,(H2,9,10);3*1-4,11H,(H2,9,10);1-3,12H,(H2,10,11);1-5,10H,(H2,8,9). The van der Waals surface area contributed by atoms with E-state index in [4.69, 9.17) is 111 Å². The van der Waals surface area contributed by atoms with Crippen LogP contribution >= 0.6 is 50.7 Å². The molecule has 0 aliphatic carbocycles. The lowest BCUT2D eigenvalue weighted by Gasteiger charge is -2.02. The van der Waals surface area contributed by atoms with Gasteiger partial charge in [-0.3, -0.25) is 0 Å². The van der Waals surface area contributed by atoms with Crippen molar-refractivity contribution in [2.24, 2.45) is 76.2 Å². The van der Waals surface area contributed by atoms with Crippen molar-refractivity contribution in [1.82, 2.24) is 0 Å². The third kappa shape index (κ3) is 25.2. The number of rotatable bonds is 7. The molecule has 0 unspecified atom stereocenters. The fourth-order valence-corrected chi connectivity index (χ4v) is 6.04. The van der Waals surface area contributed by atoms with Crippen LogP contribution in [0.1, 0.15) is 50.1 Å². The molecule has 0 spiro atoms. The highest BCUT2D eigenvalue weighted by molar-refractivity contribution is 9.10. The molecule has 21 nitrogen and oxygen atoms in total. The van der Waals surface area contributed by atoms with Crippen LogP contribution in [0.3, 0.4) is 0 Å². The largest absolute Gasteiger partial charge is 0.409 e. The van der Waals surface area contributed by atoms with Crippen LogP contribution in [-0.4, -0.2) is 77.3 Å². The Balaban J connectivity index is 0.000000455. The smallest absolute Gasteiger partial charge is 0.173 e. The molecule has 21 N–H and O–H groups in total. The van der Waals surface area contributed by atoms with Crippen molar-refractivity contribution >= 4 is 91.6 Å². The molecule has 0 bridgehead atoms. The fraction of sp³-hybridized carbons (Fsp3) is 0.0392. The van der Waals surface area contributed by atoms with E-state index in [0.717, 1.165) is 38.9 Å². The topological polar surface area (TPSA) is 410 Å². The lowest BCUT2D eigenvalue weighted by Crippen LogP contribution is -2.15. The number of benzene rings is 7. The van der Waals surface area contributed by atoms with Gasteiger partial charge in [0, 0.05) is 59.0 Å². The zero-order valence-electron chi connectivity index (χ0n) is 41.2. The molecular weight excluding hydrogens is 1140 g/mol. The van der Waals surface area contributed by atoms with Gasteiger partial charge in [0.1, 0.15) is 11.6 Å². The minimum Gasteiger partial charge on any atom is -0.409 e. The van der Waals surface area contributed by atoms with Crippen molar-refractivity contribution in [3.05, 3.63) is 245 Å². The van der Waals surface area contributed by atoms with E-state index in [1.165, 1.54) is 0 Å². The van der Waals surface area contributed by atoms with Crippen LogP contribution in [0.25, 0.3) is 0 Å². The molecule has 0 amide bonds. The summed E-state index contributed by atoms with van der Waals surface area (Å²) in [6.45, 7) is 3.83. The zero-order chi connectivity index (χ0) is 58.7. The van der Waals surface area contributed by atoms with Gasteiger partial charge in [-0.15, -0.1) is 0 Å². The van der Waals surface area contributed by atoms with E-state index in [-0.39, 0.29) is 46.4 Å². The summed E-state index contributed by atoms with van der Waals surface area (Å²) in [5.41, 5.74) is 43.1. The van der Waals surface area contributed by atoms with E-state index in [2.05, 4.69) is 52.0 Å². The maximum atomic E-state index is 12.8. The van der Waals surface area contributed by atoms with Gasteiger partial charge in [0.25, 0.3) is 0 Å². The molecule has 0 aromatic heterocycles. The first-order valence-electron chi connectivity index (χ1n) is 21.5. The Morgan fingerprint density at radius 3 is 1.15 bits per heavy atom. The van der Waals surface area contributed by atoms with Crippen molar-refractivity contribution < 1.29 is 45.2 Å². The Labute approximate surface area is 469 Å². The number of halogens is 6. The second-order valence-corrected chi connectivity index (χ2v) is 17.0. The summed E-state index contributed by atoms with van der Waals surface area (Å²) in [7, 11) is 0. The van der Waals surface area contributed by atoms with Gasteiger partial charge in [-0.05, 0) is 98.3 Å².